The number of amides is 1. The molecule has 3 N–H and O–H groups in total. The van der Waals surface area contributed by atoms with Gasteiger partial charge in [0.15, 0.2) is 5.13 Å². The number of carbonyl (C=O) groups excluding carboxylic acids is 1. The molecule has 0 spiro atoms. The quantitative estimate of drug-likeness (QED) is 0.871. The largest absolute Gasteiger partial charge is 0.364 e. The van der Waals surface area contributed by atoms with Gasteiger partial charge in [0.25, 0.3) is 5.91 Å². The highest BCUT2D eigenvalue weighted by Gasteiger charge is 2.30. The Kier molecular flexibility index (Phi) is 5.28. The van der Waals surface area contributed by atoms with Crippen molar-refractivity contribution in [1.82, 2.24) is 4.98 Å². The molecule has 1 aromatic carbocycles. The van der Waals surface area contributed by atoms with Crippen molar-refractivity contribution in [3.63, 3.8) is 0 Å². The molecule has 1 amide bonds. The summed E-state index contributed by atoms with van der Waals surface area (Å²) in [4.78, 5) is 18.2. The first kappa shape index (κ1) is 17.1. The molecule has 5 nitrogen and oxygen atoms in total. The maximum Gasteiger partial charge on any atom is 0.255 e. The van der Waals surface area contributed by atoms with Gasteiger partial charge in [-0.2, -0.15) is 0 Å². The van der Waals surface area contributed by atoms with Crippen molar-refractivity contribution in [2.24, 2.45) is 5.73 Å². The van der Waals surface area contributed by atoms with Gasteiger partial charge in [-0.25, -0.2) is 4.98 Å². The van der Waals surface area contributed by atoms with Crippen LogP contribution in [0.3, 0.4) is 0 Å². The first-order chi connectivity index (χ1) is 11.6. The summed E-state index contributed by atoms with van der Waals surface area (Å²) in [5.41, 5.74) is 7.61. The van der Waals surface area contributed by atoms with Crippen LogP contribution in [0.2, 0.25) is 0 Å². The summed E-state index contributed by atoms with van der Waals surface area (Å²) in [5, 5.41) is 3.54. The third-order valence-electron chi connectivity index (χ3n) is 4.12. The minimum absolute atomic E-state index is 0.0110. The van der Waals surface area contributed by atoms with Crippen molar-refractivity contribution >= 4 is 22.4 Å². The molecular formula is C18H23N3O2S. The van der Waals surface area contributed by atoms with Crippen molar-refractivity contribution in [2.75, 3.05) is 11.9 Å². The van der Waals surface area contributed by atoms with E-state index in [9.17, 15) is 4.79 Å². The zero-order valence-electron chi connectivity index (χ0n) is 14.0. The summed E-state index contributed by atoms with van der Waals surface area (Å²) >= 11 is 1.53. The van der Waals surface area contributed by atoms with Crippen LogP contribution in [-0.2, 0) is 9.53 Å². The van der Waals surface area contributed by atoms with E-state index in [-0.39, 0.29) is 12.0 Å². The highest BCUT2D eigenvalue weighted by atomic mass is 32.1. The number of nitrogens with two attached hydrogens (primary N) is 1. The lowest BCUT2D eigenvalue weighted by atomic mass is 10.1. The van der Waals surface area contributed by atoms with Crippen LogP contribution >= 0.6 is 11.3 Å². The minimum Gasteiger partial charge on any atom is -0.364 e. The Hall–Kier alpha value is -1.76. The van der Waals surface area contributed by atoms with Crippen molar-refractivity contribution < 1.29 is 9.53 Å². The number of anilines is 1. The van der Waals surface area contributed by atoms with Crippen molar-refractivity contribution in [2.45, 2.75) is 44.8 Å². The predicted molar refractivity (Wildman–Crippen MR) is 97.2 cm³/mol. The summed E-state index contributed by atoms with van der Waals surface area (Å²) < 4.78 is 5.65. The molecule has 0 radical (unpaired) electrons. The lowest BCUT2D eigenvalue weighted by Gasteiger charge is -2.11. The highest BCUT2D eigenvalue weighted by Crippen LogP contribution is 2.36. The van der Waals surface area contributed by atoms with Crippen LogP contribution in [0.5, 0.6) is 0 Å². The van der Waals surface area contributed by atoms with Crippen LogP contribution in [-0.4, -0.2) is 29.6 Å². The van der Waals surface area contributed by atoms with Gasteiger partial charge in [-0.05, 0) is 18.8 Å². The number of hydrogen-bond donors (Lipinski definition) is 2. The lowest BCUT2D eigenvalue weighted by molar-refractivity contribution is -0.126. The Bertz CT molecular complexity index is 700. The third kappa shape index (κ3) is 3.66. The van der Waals surface area contributed by atoms with Gasteiger partial charge in [0.05, 0.1) is 11.8 Å². The van der Waals surface area contributed by atoms with Crippen molar-refractivity contribution in [1.29, 1.82) is 0 Å². The molecule has 0 aliphatic carbocycles. The summed E-state index contributed by atoms with van der Waals surface area (Å²) in [6.45, 7) is 4.73. The number of nitrogens with zero attached hydrogens (tertiary/aromatic N) is 1. The fraction of sp³-hybridized carbons (Fsp3) is 0.444. The molecule has 1 saturated heterocycles. The van der Waals surface area contributed by atoms with Crippen LogP contribution in [0, 0.1) is 0 Å². The Morgan fingerprint density at radius 1 is 1.38 bits per heavy atom. The summed E-state index contributed by atoms with van der Waals surface area (Å²) in [6.07, 6.45) is 1.11. The van der Waals surface area contributed by atoms with Crippen LogP contribution < -0.4 is 11.1 Å². The monoisotopic (exact) mass is 345 g/mol. The van der Waals surface area contributed by atoms with Gasteiger partial charge in [-0.15, -0.1) is 11.3 Å². The van der Waals surface area contributed by atoms with Gasteiger partial charge in [-0.3, -0.25) is 10.1 Å². The Balaban J connectivity index is 1.78. The topological polar surface area (TPSA) is 77.2 Å². The average molecular weight is 345 g/mol. The van der Waals surface area contributed by atoms with Gasteiger partial charge in [0.2, 0.25) is 0 Å². The Morgan fingerprint density at radius 2 is 2.12 bits per heavy atom. The molecule has 128 valence electrons. The molecule has 24 heavy (non-hydrogen) atoms. The Morgan fingerprint density at radius 3 is 2.75 bits per heavy atom. The second kappa shape index (κ2) is 7.42. The minimum atomic E-state index is -0.426. The SMILES string of the molecule is CC(C)c1sc(NC(=O)[C@@H]2CC[C@H](CN)O2)nc1-c1ccccc1. The van der Waals surface area contributed by atoms with Crippen LogP contribution in [0.25, 0.3) is 11.3 Å². The number of hydrogen-bond acceptors (Lipinski definition) is 5. The number of aromatic nitrogens is 1. The van der Waals surface area contributed by atoms with Gasteiger partial charge in [-0.1, -0.05) is 44.2 Å². The van der Waals surface area contributed by atoms with E-state index in [1.54, 1.807) is 0 Å². The summed E-state index contributed by atoms with van der Waals surface area (Å²) in [5.74, 6) is 0.210. The standard InChI is InChI=1S/C18H23N3O2S/c1-11(2)16-15(12-6-4-3-5-7-12)20-18(24-16)21-17(22)14-9-8-13(10-19)23-14/h3-7,11,13-14H,8-10,19H2,1-2H3,(H,20,21,22)/t13-,14+/m1/s1. The zero-order chi connectivity index (χ0) is 17.1. The number of benzene rings is 1. The van der Waals surface area contributed by atoms with Gasteiger partial charge < -0.3 is 10.5 Å². The molecule has 1 aliphatic rings. The number of ether oxygens (including phenoxy) is 1. The first-order valence-corrected chi connectivity index (χ1v) is 9.12. The number of nitrogens with one attached hydrogen (secondary N) is 1. The number of thiazole rings is 1. The maximum absolute atomic E-state index is 12.4. The second-order valence-electron chi connectivity index (χ2n) is 6.30. The van der Waals surface area contributed by atoms with E-state index < -0.39 is 6.10 Å². The smallest absolute Gasteiger partial charge is 0.255 e. The first-order valence-electron chi connectivity index (χ1n) is 8.31. The third-order valence-corrected chi connectivity index (χ3v) is 5.39. The maximum atomic E-state index is 12.4. The average Bonchev–Trinajstić information content (AvgIpc) is 3.22. The van der Waals surface area contributed by atoms with E-state index in [0.717, 1.165) is 17.7 Å². The van der Waals surface area contributed by atoms with Crippen molar-refractivity contribution in [3.05, 3.63) is 35.2 Å². The van der Waals surface area contributed by atoms with E-state index in [2.05, 4.69) is 24.1 Å². The molecule has 2 aromatic rings. The van der Waals surface area contributed by atoms with Crippen LogP contribution in [0.4, 0.5) is 5.13 Å². The molecule has 1 aliphatic heterocycles. The second-order valence-corrected chi connectivity index (χ2v) is 7.33. The van der Waals surface area contributed by atoms with Crippen molar-refractivity contribution in [3.8, 4) is 11.3 Å². The molecule has 2 heterocycles. The molecule has 6 heteroatoms. The highest BCUT2D eigenvalue weighted by molar-refractivity contribution is 7.16. The molecule has 0 unspecified atom stereocenters. The van der Waals surface area contributed by atoms with E-state index in [1.807, 2.05) is 30.3 Å². The summed E-state index contributed by atoms with van der Waals surface area (Å²) in [7, 11) is 0. The number of rotatable bonds is 5. The lowest BCUT2D eigenvalue weighted by Crippen LogP contribution is -2.29. The molecule has 2 atom stereocenters. The summed E-state index contributed by atoms with van der Waals surface area (Å²) in [6, 6.07) is 10.1. The normalized spacial score (nSPS) is 20.5. The fourth-order valence-corrected chi connectivity index (χ4v) is 3.83. The molecule has 3 rings (SSSR count). The molecule has 0 bridgehead atoms. The van der Waals surface area contributed by atoms with Gasteiger partial charge in [0.1, 0.15) is 6.10 Å². The molecular weight excluding hydrogens is 322 g/mol. The fourth-order valence-electron chi connectivity index (χ4n) is 2.84. The van der Waals surface area contributed by atoms with E-state index in [4.69, 9.17) is 10.5 Å². The Labute approximate surface area is 146 Å². The van der Waals surface area contributed by atoms with Crippen LogP contribution in [0.15, 0.2) is 30.3 Å². The van der Waals surface area contributed by atoms with E-state index in [0.29, 0.717) is 24.0 Å². The van der Waals surface area contributed by atoms with E-state index in [1.165, 1.54) is 16.2 Å². The number of carbonyl (C=O) groups is 1. The van der Waals surface area contributed by atoms with Gasteiger partial charge >= 0.3 is 0 Å². The molecule has 1 aromatic heterocycles. The molecule has 0 saturated carbocycles. The predicted octanol–water partition coefficient (Wildman–Crippen LogP) is 3.38. The van der Waals surface area contributed by atoms with Crippen LogP contribution in [0.1, 0.15) is 37.5 Å². The molecule has 1 fully saturated rings. The zero-order valence-corrected chi connectivity index (χ0v) is 14.8. The van der Waals surface area contributed by atoms with E-state index >= 15 is 0 Å². The van der Waals surface area contributed by atoms with Gasteiger partial charge in [0, 0.05) is 17.0 Å².